The number of hydrogen-bond acceptors (Lipinski definition) is 3. The summed E-state index contributed by atoms with van der Waals surface area (Å²) in [4.78, 5) is 13.1. The molecule has 0 bridgehead atoms. The lowest BCUT2D eigenvalue weighted by atomic mass is 10.1. The SMILES string of the molecule is CCc1cc([N+](=O)[O-])ccc1N(Cc1ccccc1)Cc1ccccc1. The molecule has 132 valence electrons. The second-order valence-electron chi connectivity index (χ2n) is 6.25. The third-order valence-corrected chi connectivity index (χ3v) is 4.43. The molecule has 0 atom stereocenters. The van der Waals surface area contributed by atoms with Crippen molar-refractivity contribution in [1.82, 2.24) is 0 Å². The van der Waals surface area contributed by atoms with Gasteiger partial charge in [-0.3, -0.25) is 10.1 Å². The quantitative estimate of drug-likeness (QED) is 0.427. The number of anilines is 1. The molecule has 0 amide bonds. The summed E-state index contributed by atoms with van der Waals surface area (Å²) in [6, 6.07) is 25.7. The maximum atomic E-state index is 11.1. The zero-order valence-electron chi connectivity index (χ0n) is 14.8. The second kappa shape index (κ2) is 8.30. The maximum Gasteiger partial charge on any atom is 0.269 e. The first-order valence-corrected chi connectivity index (χ1v) is 8.77. The van der Waals surface area contributed by atoms with Gasteiger partial charge < -0.3 is 4.90 Å². The summed E-state index contributed by atoms with van der Waals surface area (Å²) in [5.41, 5.74) is 4.61. The molecule has 0 spiro atoms. The van der Waals surface area contributed by atoms with Crippen molar-refractivity contribution in [3.8, 4) is 0 Å². The fourth-order valence-electron chi connectivity index (χ4n) is 3.11. The van der Waals surface area contributed by atoms with Crippen molar-refractivity contribution >= 4 is 11.4 Å². The number of rotatable bonds is 7. The van der Waals surface area contributed by atoms with E-state index in [1.165, 1.54) is 11.1 Å². The first-order valence-electron chi connectivity index (χ1n) is 8.77. The Labute approximate surface area is 153 Å². The average Bonchev–Trinajstić information content (AvgIpc) is 2.68. The van der Waals surface area contributed by atoms with E-state index in [0.29, 0.717) is 0 Å². The Bertz CT molecular complexity index is 822. The Morgan fingerprint density at radius 3 is 1.85 bits per heavy atom. The van der Waals surface area contributed by atoms with Crippen LogP contribution in [0, 0.1) is 10.1 Å². The van der Waals surface area contributed by atoms with Gasteiger partial charge in [-0.25, -0.2) is 0 Å². The molecule has 0 heterocycles. The van der Waals surface area contributed by atoms with Crippen molar-refractivity contribution in [3.63, 3.8) is 0 Å². The topological polar surface area (TPSA) is 46.4 Å². The molecule has 3 aromatic rings. The third kappa shape index (κ3) is 4.28. The minimum Gasteiger partial charge on any atom is -0.363 e. The Morgan fingerprint density at radius 1 is 0.846 bits per heavy atom. The summed E-state index contributed by atoms with van der Waals surface area (Å²) in [5.74, 6) is 0. The largest absolute Gasteiger partial charge is 0.363 e. The summed E-state index contributed by atoms with van der Waals surface area (Å²) in [6.07, 6.45) is 0.747. The molecule has 0 saturated carbocycles. The van der Waals surface area contributed by atoms with Crippen LogP contribution in [0.25, 0.3) is 0 Å². The molecule has 4 heteroatoms. The molecule has 4 nitrogen and oxygen atoms in total. The predicted octanol–water partition coefficient (Wildman–Crippen LogP) is 5.36. The monoisotopic (exact) mass is 346 g/mol. The molecule has 0 fully saturated rings. The molecule has 0 aliphatic rings. The zero-order chi connectivity index (χ0) is 18.4. The van der Waals surface area contributed by atoms with E-state index < -0.39 is 0 Å². The van der Waals surface area contributed by atoms with Gasteiger partial charge in [0.25, 0.3) is 5.69 Å². The number of benzene rings is 3. The predicted molar refractivity (Wildman–Crippen MR) is 105 cm³/mol. The molecular formula is C22H22N2O2. The van der Waals surface area contributed by atoms with Gasteiger partial charge in [0.1, 0.15) is 0 Å². The van der Waals surface area contributed by atoms with Gasteiger partial charge in [0, 0.05) is 30.9 Å². The third-order valence-electron chi connectivity index (χ3n) is 4.43. The number of hydrogen-bond donors (Lipinski definition) is 0. The minimum absolute atomic E-state index is 0.143. The zero-order valence-corrected chi connectivity index (χ0v) is 14.8. The van der Waals surface area contributed by atoms with Crippen LogP contribution >= 0.6 is 0 Å². The fourth-order valence-corrected chi connectivity index (χ4v) is 3.11. The Morgan fingerprint density at radius 2 is 1.38 bits per heavy atom. The van der Waals surface area contributed by atoms with E-state index in [1.54, 1.807) is 12.1 Å². The molecular weight excluding hydrogens is 324 g/mol. The highest BCUT2D eigenvalue weighted by atomic mass is 16.6. The van der Waals surface area contributed by atoms with Crippen molar-refractivity contribution < 1.29 is 4.92 Å². The number of non-ortho nitro benzene ring substituents is 1. The van der Waals surface area contributed by atoms with E-state index in [1.807, 2.05) is 49.4 Å². The number of nitro benzene ring substituents is 1. The molecule has 0 aromatic heterocycles. The maximum absolute atomic E-state index is 11.1. The van der Waals surface area contributed by atoms with Crippen LogP contribution in [0.1, 0.15) is 23.6 Å². The van der Waals surface area contributed by atoms with Gasteiger partial charge in [-0.1, -0.05) is 67.6 Å². The molecule has 0 saturated heterocycles. The molecule has 0 unspecified atom stereocenters. The van der Waals surface area contributed by atoms with Crippen LogP contribution in [0.5, 0.6) is 0 Å². The minimum atomic E-state index is -0.332. The van der Waals surface area contributed by atoms with E-state index in [4.69, 9.17) is 0 Å². The lowest BCUT2D eigenvalue weighted by Crippen LogP contribution is -2.23. The molecule has 26 heavy (non-hydrogen) atoms. The van der Waals surface area contributed by atoms with E-state index in [0.717, 1.165) is 30.8 Å². The molecule has 0 radical (unpaired) electrons. The lowest BCUT2D eigenvalue weighted by Gasteiger charge is -2.27. The van der Waals surface area contributed by atoms with Crippen LogP contribution in [-0.4, -0.2) is 4.92 Å². The van der Waals surface area contributed by atoms with Crippen LogP contribution in [-0.2, 0) is 19.5 Å². The Kier molecular flexibility index (Phi) is 5.64. The highest BCUT2D eigenvalue weighted by Gasteiger charge is 2.16. The standard InChI is InChI=1S/C22H22N2O2/c1-2-20-15-21(24(25)26)13-14-22(20)23(16-18-9-5-3-6-10-18)17-19-11-7-4-8-12-19/h3-15H,2,16-17H2,1H3. The fraction of sp³-hybridized carbons (Fsp3) is 0.182. The molecule has 0 aliphatic carbocycles. The number of nitro groups is 1. The van der Waals surface area contributed by atoms with Crippen LogP contribution in [0.3, 0.4) is 0 Å². The van der Waals surface area contributed by atoms with E-state index in [-0.39, 0.29) is 10.6 Å². The van der Waals surface area contributed by atoms with Crippen molar-refractivity contribution in [2.45, 2.75) is 26.4 Å². The Balaban J connectivity index is 1.98. The Hall–Kier alpha value is -3.14. The normalized spacial score (nSPS) is 10.5. The van der Waals surface area contributed by atoms with Crippen LogP contribution in [0.4, 0.5) is 11.4 Å². The van der Waals surface area contributed by atoms with Gasteiger partial charge in [-0.05, 0) is 29.2 Å². The summed E-state index contributed by atoms with van der Waals surface area (Å²) < 4.78 is 0. The van der Waals surface area contributed by atoms with Crippen LogP contribution in [0.15, 0.2) is 78.9 Å². The number of aryl methyl sites for hydroxylation is 1. The first kappa shape index (κ1) is 17.7. The van der Waals surface area contributed by atoms with Crippen molar-refractivity contribution in [1.29, 1.82) is 0 Å². The van der Waals surface area contributed by atoms with Gasteiger partial charge in [0.2, 0.25) is 0 Å². The summed E-state index contributed by atoms with van der Waals surface area (Å²) >= 11 is 0. The van der Waals surface area contributed by atoms with Crippen molar-refractivity contribution in [2.24, 2.45) is 0 Å². The lowest BCUT2D eigenvalue weighted by molar-refractivity contribution is -0.384. The van der Waals surface area contributed by atoms with Gasteiger partial charge >= 0.3 is 0 Å². The smallest absolute Gasteiger partial charge is 0.269 e. The van der Waals surface area contributed by atoms with Crippen LogP contribution in [0.2, 0.25) is 0 Å². The van der Waals surface area contributed by atoms with Gasteiger partial charge in [0.15, 0.2) is 0 Å². The summed E-state index contributed by atoms with van der Waals surface area (Å²) in [5, 5.41) is 11.1. The van der Waals surface area contributed by atoms with Gasteiger partial charge in [-0.15, -0.1) is 0 Å². The second-order valence-corrected chi connectivity index (χ2v) is 6.25. The molecule has 3 aromatic carbocycles. The van der Waals surface area contributed by atoms with E-state index in [2.05, 4.69) is 29.2 Å². The van der Waals surface area contributed by atoms with Crippen LogP contribution < -0.4 is 4.90 Å². The summed E-state index contributed by atoms with van der Waals surface area (Å²) in [6.45, 7) is 3.53. The highest BCUT2D eigenvalue weighted by Crippen LogP contribution is 2.28. The number of nitrogens with zero attached hydrogens (tertiary/aromatic N) is 2. The van der Waals surface area contributed by atoms with E-state index in [9.17, 15) is 10.1 Å². The molecule has 0 N–H and O–H groups in total. The average molecular weight is 346 g/mol. The molecule has 3 rings (SSSR count). The van der Waals surface area contributed by atoms with Crippen molar-refractivity contribution in [3.05, 3.63) is 106 Å². The van der Waals surface area contributed by atoms with Gasteiger partial charge in [-0.2, -0.15) is 0 Å². The first-order chi connectivity index (χ1) is 12.7. The van der Waals surface area contributed by atoms with Gasteiger partial charge in [0.05, 0.1) is 4.92 Å². The van der Waals surface area contributed by atoms with E-state index >= 15 is 0 Å². The van der Waals surface area contributed by atoms with Crippen molar-refractivity contribution in [2.75, 3.05) is 4.90 Å². The molecule has 0 aliphatic heterocycles. The highest BCUT2D eigenvalue weighted by molar-refractivity contribution is 5.58. The summed E-state index contributed by atoms with van der Waals surface area (Å²) in [7, 11) is 0.